The summed E-state index contributed by atoms with van der Waals surface area (Å²) in [5, 5.41) is 0. The zero-order valence-corrected chi connectivity index (χ0v) is 9.46. The van der Waals surface area contributed by atoms with Gasteiger partial charge in [0.05, 0.1) is 6.54 Å². The van der Waals surface area contributed by atoms with Gasteiger partial charge in [-0.1, -0.05) is 0 Å². The predicted molar refractivity (Wildman–Crippen MR) is 61.4 cm³/mol. The second-order valence-corrected chi connectivity index (χ2v) is 4.03. The summed E-state index contributed by atoms with van der Waals surface area (Å²) in [6, 6.07) is 1.92. The first-order chi connectivity index (χ1) is 7.75. The number of nitrogens with zero attached hydrogens (tertiary/aromatic N) is 4. The molecule has 16 heavy (non-hydrogen) atoms. The van der Waals surface area contributed by atoms with Gasteiger partial charge in [0.2, 0.25) is 0 Å². The number of aromatic nitrogens is 2. The number of piperazine rings is 1. The van der Waals surface area contributed by atoms with Crippen molar-refractivity contribution in [3.63, 3.8) is 0 Å². The second-order valence-electron chi connectivity index (χ2n) is 4.03. The maximum Gasteiger partial charge on any atom is 0.143 e. The lowest BCUT2D eigenvalue weighted by Crippen LogP contribution is -2.48. The molecule has 0 aliphatic carbocycles. The van der Waals surface area contributed by atoms with Gasteiger partial charge in [-0.3, -0.25) is 9.69 Å². The molecule has 2 rings (SSSR count). The Kier molecular flexibility index (Phi) is 3.46. The summed E-state index contributed by atoms with van der Waals surface area (Å²) in [5.41, 5.74) is 0. The molecule has 0 amide bonds. The molecule has 5 heteroatoms. The first-order valence-electron chi connectivity index (χ1n) is 5.48. The van der Waals surface area contributed by atoms with Crippen LogP contribution in [0.25, 0.3) is 0 Å². The molecule has 0 bridgehead atoms. The van der Waals surface area contributed by atoms with E-state index in [-0.39, 0.29) is 5.78 Å². The quantitative estimate of drug-likeness (QED) is 0.727. The Morgan fingerprint density at radius 1 is 1.38 bits per heavy atom. The minimum atomic E-state index is 0.232. The number of hydrogen-bond acceptors (Lipinski definition) is 5. The Balaban J connectivity index is 1.88. The number of carbonyl (C=O) groups is 1. The Hall–Kier alpha value is -1.49. The van der Waals surface area contributed by atoms with Crippen LogP contribution in [0, 0.1) is 0 Å². The number of carbonyl (C=O) groups excluding carboxylic acids is 1. The van der Waals surface area contributed by atoms with E-state index in [0.29, 0.717) is 6.54 Å². The molecule has 1 aromatic heterocycles. The van der Waals surface area contributed by atoms with Gasteiger partial charge in [-0.05, 0) is 13.0 Å². The van der Waals surface area contributed by atoms with Crippen LogP contribution in [0.4, 0.5) is 5.82 Å². The van der Waals surface area contributed by atoms with E-state index >= 15 is 0 Å². The molecule has 1 fully saturated rings. The molecule has 0 saturated carbocycles. The third kappa shape index (κ3) is 2.76. The van der Waals surface area contributed by atoms with Crippen molar-refractivity contribution < 1.29 is 4.79 Å². The summed E-state index contributed by atoms with van der Waals surface area (Å²) >= 11 is 0. The molecule has 1 aliphatic heterocycles. The molecule has 0 unspecified atom stereocenters. The fraction of sp³-hybridized carbons (Fsp3) is 0.545. The van der Waals surface area contributed by atoms with Gasteiger partial charge in [-0.2, -0.15) is 0 Å². The van der Waals surface area contributed by atoms with Gasteiger partial charge in [-0.15, -0.1) is 0 Å². The molecule has 0 spiro atoms. The highest BCUT2D eigenvalue weighted by Crippen LogP contribution is 2.11. The van der Waals surface area contributed by atoms with E-state index < -0.39 is 0 Å². The Morgan fingerprint density at radius 2 is 2.12 bits per heavy atom. The summed E-state index contributed by atoms with van der Waals surface area (Å²) in [6.07, 6.45) is 3.32. The van der Waals surface area contributed by atoms with Crippen molar-refractivity contribution >= 4 is 11.6 Å². The van der Waals surface area contributed by atoms with Crippen molar-refractivity contribution in [1.82, 2.24) is 14.9 Å². The van der Waals surface area contributed by atoms with E-state index in [9.17, 15) is 4.79 Å². The van der Waals surface area contributed by atoms with Crippen LogP contribution in [0.5, 0.6) is 0 Å². The predicted octanol–water partition coefficient (Wildman–Crippen LogP) is 0.188. The van der Waals surface area contributed by atoms with Crippen LogP contribution in [0.2, 0.25) is 0 Å². The molecule has 0 N–H and O–H groups in total. The van der Waals surface area contributed by atoms with E-state index in [1.165, 1.54) is 0 Å². The smallest absolute Gasteiger partial charge is 0.143 e. The van der Waals surface area contributed by atoms with Crippen molar-refractivity contribution in [2.75, 3.05) is 37.6 Å². The molecule has 86 valence electrons. The molecule has 5 nitrogen and oxygen atoms in total. The molecule has 1 aliphatic rings. The fourth-order valence-corrected chi connectivity index (χ4v) is 1.92. The molecule has 1 aromatic rings. The van der Waals surface area contributed by atoms with Crippen LogP contribution < -0.4 is 4.90 Å². The largest absolute Gasteiger partial charge is 0.354 e. The molecular formula is C11H16N4O. The average Bonchev–Trinajstić information content (AvgIpc) is 2.30. The van der Waals surface area contributed by atoms with Crippen molar-refractivity contribution in [3.05, 3.63) is 18.6 Å². The highest BCUT2D eigenvalue weighted by Gasteiger charge is 2.18. The van der Waals surface area contributed by atoms with Gasteiger partial charge in [0, 0.05) is 32.4 Å². The van der Waals surface area contributed by atoms with Crippen molar-refractivity contribution in [1.29, 1.82) is 0 Å². The van der Waals surface area contributed by atoms with Gasteiger partial charge in [-0.25, -0.2) is 9.97 Å². The lowest BCUT2D eigenvalue weighted by molar-refractivity contribution is -0.118. The summed E-state index contributed by atoms with van der Waals surface area (Å²) in [4.78, 5) is 23.5. The molecular weight excluding hydrogens is 204 g/mol. The van der Waals surface area contributed by atoms with Crippen LogP contribution in [0.3, 0.4) is 0 Å². The number of anilines is 1. The topological polar surface area (TPSA) is 49.3 Å². The van der Waals surface area contributed by atoms with Crippen LogP contribution in [-0.4, -0.2) is 53.4 Å². The minimum Gasteiger partial charge on any atom is -0.354 e. The molecule has 0 radical (unpaired) electrons. The summed E-state index contributed by atoms with van der Waals surface area (Å²) < 4.78 is 0. The van der Waals surface area contributed by atoms with E-state index in [2.05, 4.69) is 19.8 Å². The Morgan fingerprint density at radius 3 is 2.69 bits per heavy atom. The van der Waals surface area contributed by atoms with Crippen LogP contribution >= 0.6 is 0 Å². The maximum atomic E-state index is 11.0. The molecule has 0 aromatic carbocycles. The number of Topliss-reactive ketones (excluding diaryl/α,β-unsaturated/α-hetero) is 1. The fourth-order valence-electron chi connectivity index (χ4n) is 1.92. The lowest BCUT2D eigenvalue weighted by atomic mass is 10.3. The zero-order chi connectivity index (χ0) is 11.4. The lowest BCUT2D eigenvalue weighted by Gasteiger charge is -2.34. The van der Waals surface area contributed by atoms with E-state index in [0.717, 1.165) is 32.0 Å². The van der Waals surface area contributed by atoms with Gasteiger partial charge in [0.1, 0.15) is 17.9 Å². The van der Waals surface area contributed by atoms with Crippen molar-refractivity contribution in [2.45, 2.75) is 6.92 Å². The molecule has 0 atom stereocenters. The van der Waals surface area contributed by atoms with Crippen molar-refractivity contribution in [2.24, 2.45) is 0 Å². The highest BCUT2D eigenvalue weighted by molar-refractivity contribution is 5.77. The van der Waals surface area contributed by atoms with Crippen LogP contribution in [0.1, 0.15) is 6.92 Å². The Bertz CT molecular complexity index is 346. The normalized spacial score (nSPS) is 17.4. The van der Waals surface area contributed by atoms with Crippen LogP contribution in [0.15, 0.2) is 18.6 Å². The van der Waals surface area contributed by atoms with E-state index in [1.54, 1.807) is 19.4 Å². The Labute approximate surface area is 95.1 Å². The summed E-state index contributed by atoms with van der Waals surface area (Å²) in [7, 11) is 0. The van der Waals surface area contributed by atoms with Crippen LogP contribution in [-0.2, 0) is 4.79 Å². The number of hydrogen-bond donors (Lipinski definition) is 0. The SMILES string of the molecule is CC(=O)CN1CCN(c2ccncn2)CC1. The standard InChI is InChI=1S/C11H16N4O/c1-10(16)8-14-4-6-15(7-5-14)11-2-3-12-9-13-11/h2-3,9H,4-8H2,1H3. The minimum absolute atomic E-state index is 0.232. The number of ketones is 1. The summed E-state index contributed by atoms with van der Waals surface area (Å²) in [6.45, 7) is 5.89. The second kappa shape index (κ2) is 5.03. The monoisotopic (exact) mass is 220 g/mol. The summed E-state index contributed by atoms with van der Waals surface area (Å²) in [5.74, 6) is 1.20. The first kappa shape index (κ1) is 11.0. The van der Waals surface area contributed by atoms with E-state index in [1.807, 2.05) is 6.07 Å². The molecule has 2 heterocycles. The maximum absolute atomic E-state index is 11.0. The molecule has 1 saturated heterocycles. The number of rotatable bonds is 3. The van der Waals surface area contributed by atoms with E-state index in [4.69, 9.17) is 0 Å². The third-order valence-electron chi connectivity index (χ3n) is 2.71. The van der Waals surface area contributed by atoms with Gasteiger partial charge in [0.15, 0.2) is 0 Å². The van der Waals surface area contributed by atoms with Crippen molar-refractivity contribution in [3.8, 4) is 0 Å². The van der Waals surface area contributed by atoms with Gasteiger partial charge >= 0.3 is 0 Å². The average molecular weight is 220 g/mol. The third-order valence-corrected chi connectivity index (χ3v) is 2.71. The van der Waals surface area contributed by atoms with Gasteiger partial charge < -0.3 is 4.90 Å². The van der Waals surface area contributed by atoms with Gasteiger partial charge in [0.25, 0.3) is 0 Å². The first-order valence-corrected chi connectivity index (χ1v) is 5.48. The zero-order valence-electron chi connectivity index (χ0n) is 9.46. The highest BCUT2D eigenvalue weighted by atomic mass is 16.1.